The first kappa shape index (κ1) is 15.5. The highest BCUT2D eigenvalue weighted by atomic mass is 32.2. The van der Waals surface area contributed by atoms with Gasteiger partial charge in [0.15, 0.2) is 0 Å². The monoisotopic (exact) mass is 296 g/mol. The van der Waals surface area contributed by atoms with E-state index in [1.165, 1.54) is 0 Å². The van der Waals surface area contributed by atoms with Gasteiger partial charge >= 0.3 is 0 Å². The molecule has 1 aliphatic rings. The average molecular weight is 296 g/mol. The van der Waals surface area contributed by atoms with Gasteiger partial charge in [-0.2, -0.15) is 0 Å². The Bertz CT molecular complexity index is 557. The highest BCUT2D eigenvalue weighted by molar-refractivity contribution is 7.89. The van der Waals surface area contributed by atoms with E-state index in [1.807, 2.05) is 6.07 Å². The van der Waals surface area contributed by atoms with Crippen LogP contribution in [0.1, 0.15) is 38.7 Å². The van der Waals surface area contributed by atoms with Crippen LogP contribution in [0.15, 0.2) is 29.2 Å². The molecule has 3 unspecified atom stereocenters. The summed E-state index contributed by atoms with van der Waals surface area (Å²) in [6.45, 7) is 4.58. The maximum Gasteiger partial charge on any atom is 0.241 e. The van der Waals surface area contributed by atoms with Gasteiger partial charge in [0.05, 0.1) is 4.90 Å². The SMILES string of the molecule is CC1CCC(NS(=O)(=O)c2ccccc2CN)C(C)C1. The summed E-state index contributed by atoms with van der Waals surface area (Å²) in [7, 11) is -3.48. The zero-order valence-corrected chi connectivity index (χ0v) is 13.0. The smallest absolute Gasteiger partial charge is 0.241 e. The van der Waals surface area contributed by atoms with Crippen molar-refractivity contribution < 1.29 is 8.42 Å². The Balaban J connectivity index is 2.19. The Kier molecular flexibility index (Phi) is 4.83. The fraction of sp³-hybridized carbons (Fsp3) is 0.600. The van der Waals surface area contributed by atoms with Crippen LogP contribution in [0, 0.1) is 11.8 Å². The van der Waals surface area contributed by atoms with Crippen LogP contribution in [0.4, 0.5) is 0 Å². The molecule has 4 nitrogen and oxygen atoms in total. The second kappa shape index (κ2) is 6.24. The number of nitrogens with two attached hydrogens (primary N) is 1. The summed E-state index contributed by atoms with van der Waals surface area (Å²) in [5, 5.41) is 0. The Morgan fingerprint density at radius 1 is 1.25 bits per heavy atom. The number of sulfonamides is 1. The normalized spacial score (nSPS) is 27.4. The molecule has 1 aromatic rings. The molecule has 0 saturated heterocycles. The van der Waals surface area contributed by atoms with Crippen LogP contribution < -0.4 is 10.5 Å². The lowest BCUT2D eigenvalue weighted by Crippen LogP contribution is -2.42. The minimum Gasteiger partial charge on any atom is -0.326 e. The Morgan fingerprint density at radius 2 is 1.95 bits per heavy atom. The van der Waals surface area contributed by atoms with Gasteiger partial charge in [-0.05, 0) is 42.7 Å². The van der Waals surface area contributed by atoms with Crippen LogP contribution in [0.2, 0.25) is 0 Å². The molecular formula is C15H24N2O2S. The zero-order valence-electron chi connectivity index (χ0n) is 12.2. The van der Waals surface area contributed by atoms with Crippen molar-refractivity contribution in [2.75, 3.05) is 0 Å². The van der Waals surface area contributed by atoms with Crippen molar-refractivity contribution in [3.8, 4) is 0 Å². The van der Waals surface area contributed by atoms with E-state index in [0.717, 1.165) is 19.3 Å². The lowest BCUT2D eigenvalue weighted by atomic mass is 9.80. The molecule has 3 N–H and O–H groups in total. The van der Waals surface area contributed by atoms with E-state index in [9.17, 15) is 8.42 Å². The molecule has 1 saturated carbocycles. The first-order valence-electron chi connectivity index (χ1n) is 7.24. The Hall–Kier alpha value is -0.910. The minimum absolute atomic E-state index is 0.0297. The number of rotatable bonds is 4. The highest BCUT2D eigenvalue weighted by Gasteiger charge is 2.30. The van der Waals surface area contributed by atoms with Gasteiger partial charge < -0.3 is 5.73 Å². The number of hydrogen-bond donors (Lipinski definition) is 2. The van der Waals surface area contributed by atoms with Gasteiger partial charge in [-0.3, -0.25) is 0 Å². The molecule has 0 spiro atoms. The zero-order chi connectivity index (χ0) is 14.8. The fourth-order valence-electron chi connectivity index (χ4n) is 3.04. The molecule has 20 heavy (non-hydrogen) atoms. The summed E-state index contributed by atoms with van der Waals surface area (Å²) < 4.78 is 28.0. The van der Waals surface area contributed by atoms with Crippen LogP contribution in [0.3, 0.4) is 0 Å². The molecule has 3 atom stereocenters. The van der Waals surface area contributed by atoms with Crippen LogP contribution in [0.5, 0.6) is 0 Å². The average Bonchev–Trinajstić information content (AvgIpc) is 2.42. The number of benzene rings is 1. The van der Waals surface area contributed by atoms with E-state index in [-0.39, 0.29) is 12.6 Å². The molecule has 0 bridgehead atoms. The number of hydrogen-bond acceptors (Lipinski definition) is 3. The molecule has 112 valence electrons. The fourth-order valence-corrected chi connectivity index (χ4v) is 4.67. The van der Waals surface area contributed by atoms with Gasteiger partial charge in [0, 0.05) is 12.6 Å². The van der Waals surface area contributed by atoms with Crippen molar-refractivity contribution >= 4 is 10.0 Å². The molecular weight excluding hydrogens is 272 g/mol. The van der Waals surface area contributed by atoms with E-state index in [0.29, 0.717) is 22.3 Å². The van der Waals surface area contributed by atoms with Gasteiger partial charge in [-0.25, -0.2) is 13.1 Å². The molecule has 2 rings (SSSR count). The molecule has 0 amide bonds. The standard InChI is InChI=1S/C15H24N2O2S/c1-11-7-8-14(12(2)9-11)17-20(18,19)15-6-4-3-5-13(15)10-16/h3-6,11-12,14,17H,7-10,16H2,1-2H3. The van der Waals surface area contributed by atoms with Crippen molar-refractivity contribution in [2.24, 2.45) is 17.6 Å². The van der Waals surface area contributed by atoms with Crippen molar-refractivity contribution in [3.63, 3.8) is 0 Å². The summed E-state index contributed by atoms with van der Waals surface area (Å²) in [4.78, 5) is 0.313. The third kappa shape index (κ3) is 3.40. The maximum absolute atomic E-state index is 12.5. The van der Waals surface area contributed by atoms with E-state index in [1.54, 1.807) is 18.2 Å². The molecule has 0 aliphatic heterocycles. The van der Waals surface area contributed by atoms with E-state index < -0.39 is 10.0 Å². The predicted octanol–water partition coefficient (Wildman–Crippen LogP) is 2.25. The lowest BCUT2D eigenvalue weighted by Gasteiger charge is -2.33. The van der Waals surface area contributed by atoms with Crippen molar-refractivity contribution in [3.05, 3.63) is 29.8 Å². The molecule has 0 aromatic heterocycles. The summed E-state index contributed by atoms with van der Waals surface area (Å²) in [6.07, 6.45) is 3.06. The quantitative estimate of drug-likeness (QED) is 0.895. The molecule has 0 heterocycles. The second-order valence-electron chi connectivity index (χ2n) is 5.94. The van der Waals surface area contributed by atoms with Gasteiger partial charge in [0.1, 0.15) is 0 Å². The van der Waals surface area contributed by atoms with Crippen molar-refractivity contribution in [1.82, 2.24) is 4.72 Å². The van der Waals surface area contributed by atoms with Gasteiger partial charge in [-0.1, -0.05) is 32.0 Å². The Labute approximate surface area is 121 Å². The van der Waals surface area contributed by atoms with Crippen LogP contribution in [-0.4, -0.2) is 14.5 Å². The maximum atomic E-state index is 12.5. The third-order valence-electron chi connectivity index (χ3n) is 4.22. The largest absolute Gasteiger partial charge is 0.326 e. The van der Waals surface area contributed by atoms with Gasteiger partial charge in [0.25, 0.3) is 0 Å². The molecule has 1 fully saturated rings. The van der Waals surface area contributed by atoms with Gasteiger partial charge in [-0.15, -0.1) is 0 Å². The first-order chi connectivity index (χ1) is 9.44. The minimum atomic E-state index is -3.48. The highest BCUT2D eigenvalue weighted by Crippen LogP contribution is 2.29. The van der Waals surface area contributed by atoms with E-state index >= 15 is 0 Å². The predicted molar refractivity (Wildman–Crippen MR) is 80.6 cm³/mol. The number of nitrogens with one attached hydrogen (secondary N) is 1. The third-order valence-corrected chi connectivity index (χ3v) is 5.81. The summed E-state index contributed by atoms with van der Waals surface area (Å²) >= 11 is 0. The van der Waals surface area contributed by atoms with Crippen molar-refractivity contribution in [2.45, 2.75) is 50.6 Å². The second-order valence-corrected chi connectivity index (χ2v) is 7.62. The summed E-state index contributed by atoms with van der Waals surface area (Å²) in [5.74, 6) is 1.06. The molecule has 0 radical (unpaired) electrons. The topological polar surface area (TPSA) is 72.2 Å². The van der Waals surface area contributed by atoms with Crippen LogP contribution >= 0.6 is 0 Å². The summed E-state index contributed by atoms with van der Waals surface area (Å²) in [5.41, 5.74) is 6.30. The first-order valence-corrected chi connectivity index (χ1v) is 8.72. The lowest BCUT2D eigenvalue weighted by molar-refractivity contribution is 0.249. The Morgan fingerprint density at radius 3 is 2.60 bits per heavy atom. The van der Waals surface area contributed by atoms with Crippen LogP contribution in [-0.2, 0) is 16.6 Å². The molecule has 5 heteroatoms. The van der Waals surface area contributed by atoms with Crippen LogP contribution in [0.25, 0.3) is 0 Å². The summed E-state index contributed by atoms with van der Waals surface area (Å²) in [6, 6.07) is 6.97. The van der Waals surface area contributed by atoms with E-state index in [4.69, 9.17) is 5.73 Å². The van der Waals surface area contributed by atoms with Crippen molar-refractivity contribution in [1.29, 1.82) is 0 Å². The molecule has 1 aliphatic carbocycles. The van der Waals surface area contributed by atoms with Gasteiger partial charge in [0.2, 0.25) is 10.0 Å². The van der Waals surface area contributed by atoms with E-state index in [2.05, 4.69) is 18.6 Å². The molecule has 1 aromatic carbocycles.